The van der Waals surface area contributed by atoms with Gasteiger partial charge in [-0.1, -0.05) is 251 Å². The van der Waals surface area contributed by atoms with Crippen molar-refractivity contribution in [3.8, 4) is 0 Å². The second-order valence-corrected chi connectivity index (χ2v) is 26.5. The van der Waals surface area contributed by atoms with Crippen molar-refractivity contribution in [2.45, 2.75) is 296 Å². The zero-order valence-corrected chi connectivity index (χ0v) is 59.7. The summed E-state index contributed by atoms with van der Waals surface area (Å²) in [5, 5.41) is 20.6. The fraction of sp³-hybridized carbons (Fsp3) is 0.693. The Morgan fingerprint density at radius 2 is 0.570 bits per heavy atom. The average molecular weight is 1350 g/mol. The van der Waals surface area contributed by atoms with Gasteiger partial charge in [-0.05, 0) is 128 Å². The highest BCUT2D eigenvalue weighted by Gasteiger charge is 2.29. The summed E-state index contributed by atoms with van der Waals surface area (Å²) in [6.07, 6.45) is 78.2. The number of aliphatic hydroxyl groups is 2. The predicted molar refractivity (Wildman–Crippen MR) is 380 cm³/mol. The molecular formula is C75H128O16P2. The van der Waals surface area contributed by atoms with E-state index in [-0.39, 0.29) is 19.3 Å². The number of esters is 3. The number of unbranched alkanes of at least 4 members (excludes halogenated alkanes) is 24. The lowest BCUT2D eigenvalue weighted by atomic mass is 10.1. The van der Waals surface area contributed by atoms with Crippen LogP contribution in [0.1, 0.15) is 278 Å². The minimum atomic E-state index is -4.93. The maximum atomic E-state index is 12.9. The summed E-state index contributed by atoms with van der Waals surface area (Å²) in [6.45, 7) is 2.40. The number of ether oxygens (including phenoxy) is 3. The summed E-state index contributed by atoms with van der Waals surface area (Å²) < 4.78 is 60.9. The van der Waals surface area contributed by atoms with Gasteiger partial charge in [-0.3, -0.25) is 32.5 Å². The molecule has 0 saturated heterocycles. The SMILES string of the molecule is CC/C=C\C/C=C\C/C=C\C/C=C\C/C=C\C/C=C\CCCCCCCCCCC(=O)OCC(O)COP(=O)(O)OCC(O)COP(=O)(O)OCC(COC(=O)CCCCCCCCC/C=C\C/C=C\C/C=C\CC)OC(=O)CCCCCCC/C=C\CCCCCC. The van der Waals surface area contributed by atoms with Crippen LogP contribution in [-0.2, 0) is 55.8 Å². The smallest absolute Gasteiger partial charge is 0.463 e. The van der Waals surface area contributed by atoms with Crippen molar-refractivity contribution in [1.82, 2.24) is 0 Å². The summed E-state index contributed by atoms with van der Waals surface area (Å²) >= 11 is 0. The Labute approximate surface area is 563 Å². The van der Waals surface area contributed by atoms with Crippen molar-refractivity contribution in [3.05, 3.63) is 122 Å². The van der Waals surface area contributed by atoms with Gasteiger partial charge in [0, 0.05) is 19.3 Å². The summed E-state index contributed by atoms with van der Waals surface area (Å²) in [4.78, 5) is 58.4. The standard InChI is InChI=1S/C75H128O16P2/c1-4-7-10-13-16-19-22-25-27-29-30-31-32-33-34-35-36-37-38-40-42-44-46-49-52-55-58-61-73(78)85-64-70(76)65-87-92(81,82)88-66-71(77)67-89-93(83,84)90-69-72(91-75(80)63-60-57-54-51-48-43-24-21-18-15-12-9-6-3)68-86-74(79)62-59-56-53-50-47-45-41-39-28-26-23-20-17-14-11-8-5-2/h7-8,10-11,16-17,19-21,24-28,30-31,33-34,36-37,70-72,76-77H,4-6,9,12-15,18,22-23,29,32,35,38-69H2,1-3H3,(H,81,82)(H,83,84)/b10-7-,11-8-,19-16-,20-17-,24-21-,27-25-,28-26-,31-30-,34-33-,37-36-. The first kappa shape index (κ1) is 89.0. The highest BCUT2D eigenvalue weighted by molar-refractivity contribution is 7.47. The van der Waals surface area contributed by atoms with Crippen molar-refractivity contribution < 1.29 is 75.8 Å². The maximum absolute atomic E-state index is 12.9. The molecule has 4 N–H and O–H groups in total. The number of hydrogen-bond donors (Lipinski definition) is 4. The summed E-state index contributed by atoms with van der Waals surface area (Å²) in [5.41, 5.74) is 0. The molecule has 0 saturated carbocycles. The molecule has 0 aromatic rings. The highest BCUT2D eigenvalue weighted by Crippen LogP contribution is 2.45. The predicted octanol–water partition coefficient (Wildman–Crippen LogP) is 20.2. The topological polar surface area (TPSA) is 231 Å². The Bertz CT molecular complexity index is 2180. The molecule has 0 bridgehead atoms. The van der Waals surface area contributed by atoms with E-state index in [1.807, 2.05) is 0 Å². The normalized spacial score (nSPS) is 14.9. The molecule has 0 heterocycles. The molecule has 0 amide bonds. The van der Waals surface area contributed by atoms with Crippen molar-refractivity contribution in [2.24, 2.45) is 0 Å². The molecule has 5 unspecified atom stereocenters. The van der Waals surface area contributed by atoms with Crippen LogP contribution < -0.4 is 0 Å². The molecule has 18 heteroatoms. The van der Waals surface area contributed by atoms with Crippen LogP contribution in [0.5, 0.6) is 0 Å². The number of carbonyl (C=O) groups excluding carboxylic acids is 3. The minimum Gasteiger partial charge on any atom is -0.463 e. The molecule has 0 fully saturated rings. The van der Waals surface area contributed by atoms with E-state index < -0.39 is 91.5 Å². The average Bonchev–Trinajstić information content (AvgIpc) is 2.77. The molecule has 0 spiro atoms. The molecule has 93 heavy (non-hydrogen) atoms. The van der Waals surface area contributed by atoms with E-state index in [1.165, 1.54) is 44.9 Å². The van der Waals surface area contributed by atoms with Gasteiger partial charge in [-0.15, -0.1) is 0 Å². The van der Waals surface area contributed by atoms with Gasteiger partial charge in [0.05, 0.1) is 26.4 Å². The number of allylic oxidation sites excluding steroid dienone is 20. The van der Waals surface area contributed by atoms with Gasteiger partial charge >= 0.3 is 33.6 Å². The molecule has 0 aromatic heterocycles. The zero-order chi connectivity index (χ0) is 68.1. The first-order valence-electron chi connectivity index (χ1n) is 35.8. The Balaban J connectivity index is 4.54. The molecule has 16 nitrogen and oxygen atoms in total. The van der Waals surface area contributed by atoms with Crippen molar-refractivity contribution in [1.29, 1.82) is 0 Å². The number of hydrogen-bond acceptors (Lipinski definition) is 14. The van der Waals surface area contributed by atoms with Gasteiger partial charge in [0.25, 0.3) is 0 Å². The van der Waals surface area contributed by atoms with Crippen LogP contribution in [0.3, 0.4) is 0 Å². The van der Waals surface area contributed by atoms with E-state index in [0.717, 1.165) is 173 Å². The second kappa shape index (κ2) is 67.9. The lowest BCUT2D eigenvalue weighted by Crippen LogP contribution is -2.30. The first-order chi connectivity index (χ1) is 45.2. The molecule has 0 aromatic carbocycles. The first-order valence-corrected chi connectivity index (χ1v) is 38.8. The van der Waals surface area contributed by atoms with Crippen LogP contribution in [-0.4, -0.2) is 95.9 Å². The van der Waals surface area contributed by atoms with Gasteiger partial charge < -0.3 is 34.2 Å². The maximum Gasteiger partial charge on any atom is 0.472 e. The third-order valence-corrected chi connectivity index (χ3v) is 16.6. The third kappa shape index (κ3) is 69.1. The summed E-state index contributed by atoms with van der Waals surface area (Å²) in [6, 6.07) is 0. The van der Waals surface area contributed by atoms with Gasteiger partial charge in [0.2, 0.25) is 0 Å². The molecule has 0 aliphatic rings. The molecule has 5 atom stereocenters. The molecule has 0 aliphatic carbocycles. The summed E-state index contributed by atoms with van der Waals surface area (Å²) in [7, 11) is -9.79. The van der Waals surface area contributed by atoms with Crippen LogP contribution in [0.25, 0.3) is 0 Å². The van der Waals surface area contributed by atoms with Crippen LogP contribution in [0.4, 0.5) is 0 Å². The molecular weight excluding hydrogens is 1220 g/mol. The van der Waals surface area contributed by atoms with E-state index in [4.69, 9.17) is 32.3 Å². The highest BCUT2D eigenvalue weighted by atomic mass is 31.2. The third-order valence-electron chi connectivity index (χ3n) is 14.7. The minimum absolute atomic E-state index is 0.0908. The number of aliphatic hydroxyl groups excluding tert-OH is 2. The largest absolute Gasteiger partial charge is 0.472 e. The van der Waals surface area contributed by atoms with Crippen molar-refractivity contribution in [2.75, 3.05) is 39.6 Å². The Morgan fingerprint density at radius 1 is 0.312 bits per heavy atom. The van der Waals surface area contributed by atoms with E-state index in [2.05, 4.69) is 142 Å². The number of carbonyl (C=O) groups is 3. The van der Waals surface area contributed by atoms with E-state index in [9.17, 15) is 43.5 Å². The van der Waals surface area contributed by atoms with Crippen LogP contribution in [0.2, 0.25) is 0 Å². The fourth-order valence-corrected chi connectivity index (χ4v) is 10.8. The van der Waals surface area contributed by atoms with E-state index in [0.29, 0.717) is 19.3 Å². The molecule has 0 radical (unpaired) electrons. The summed E-state index contributed by atoms with van der Waals surface area (Å²) in [5.74, 6) is -1.60. The lowest BCUT2D eigenvalue weighted by Gasteiger charge is -2.21. The molecule has 0 rings (SSSR count). The van der Waals surface area contributed by atoms with Crippen LogP contribution >= 0.6 is 15.6 Å². The van der Waals surface area contributed by atoms with Crippen molar-refractivity contribution >= 4 is 33.6 Å². The van der Waals surface area contributed by atoms with Gasteiger partial charge in [0.15, 0.2) is 6.10 Å². The zero-order valence-electron chi connectivity index (χ0n) is 57.9. The Hall–Kier alpha value is -4.05. The Kier molecular flexibility index (Phi) is 65.0. The monoisotopic (exact) mass is 1350 g/mol. The van der Waals surface area contributed by atoms with E-state index in [1.54, 1.807) is 0 Å². The number of phosphoric acid groups is 2. The lowest BCUT2D eigenvalue weighted by molar-refractivity contribution is -0.161. The van der Waals surface area contributed by atoms with Crippen LogP contribution in [0.15, 0.2) is 122 Å². The number of rotatable bonds is 67. The Morgan fingerprint density at radius 3 is 0.914 bits per heavy atom. The van der Waals surface area contributed by atoms with Gasteiger partial charge in [-0.2, -0.15) is 0 Å². The quantitative estimate of drug-likeness (QED) is 0.0146. The van der Waals surface area contributed by atoms with Gasteiger partial charge in [0.1, 0.15) is 25.4 Å². The molecule has 534 valence electrons. The second-order valence-electron chi connectivity index (χ2n) is 23.6. The fourth-order valence-electron chi connectivity index (χ4n) is 9.23. The van der Waals surface area contributed by atoms with Gasteiger partial charge in [-0.25, -0.2) is 9.13 Å². The van der Waals surface area contributed by atoms with E-state index >= 15 is 0 Å². The van der Waals surface area contributed by atoms with Crippen molar-refractivity contribution in [3.63, 3.8) is 0 Å². The number of phosphoric ester groups is 2. The van der Waals surface area contributed by atoms with Crippen LogP contribution in [0, 0.1) is 0 Å². The molecule has 0 aliphatic heterocycles.